The van der Waals surface area contributed by atoms with Gasteiger partial charge >= 0.3 is 6.03 Å². The number of urea groups is 1. The molecule has 1 spiro atoms. The average Bonchev–Trinajstić information content (AvgIpc) is 3.32. The van der Waals surface area contributed by atoms with Crippen LogP contribution in [0.25, 0.3) is 0 Å². The number of rotatable bonds is 7. The Bertz CT molecular complexity index is 835. The van der Waals surface area contributed by atoms with E-state index in [1.807, 2.05) is 12.1 Å². The van der Waals surface area contributed by atoms with E-state index >= 15 is 0 Å². The summed E-state index contributed by atoms with van der Waals surface area (Å²) in [5.41, 5.74) is 0.0946. The van der Waals surface area contributed by atoms with Crippen LogP contribution in [0.5, 0.6) is 0 Å². The van der Waals surface area contributed by atoms with E-state index in [0.717, 1.165) is 25.2 Å². The maximum Gasteiger partial charge on any atom is 0.328 e. The normalized spacial score (nSPS) is 19.5. The fourth-order valence-electron chi connectivity index (χ4n) is 4.28. The van der Waals surface area contributed by atoms with Gasteiger partial charge < -0.3 is 9.64 Å². The molecule has 0 radical (unpaired) electrons. The molecule has 2 aromatic heterocycles. The first-order valence-corrected chi connectivity index (χ1v) is 10.8. The first-order valence-electron chi connectivity index (χ1n) is 9.90. The zero-order valence-corrected chi connectivity index (χ0v) is 17.4. The van der Waals surface area contributed by atoms with Gasteiger partial charge in [-0.15, -0.1) is 11.3 Å². The largest absolute Gasteiger partial charge is 0.383 e. The Balaban J connectivity index is 1.52. The van der Waals surface area contributed by atoms with Crippen molar-refractivity contribution in [1.82, 2.24) is 19.7 Å². The van der Waals surface area contributed by atoms with Crippen LogP contribution in [0.4, 0.5) is 4.79 Å². The SMILES string of the molecule is COCCN1C(=O)N(Cc2cccnc2)C(=O)C12CCN(Cc1cccs1)CC2. The van der Waals surface area contributed by atoms with Gasteiger partial charge in [-0.2, -0.15) is 0 Å². The van der Waals surface area contributed by atoms with Crippen molar-refractivity contribution in [2.75, 3.05) is 33.4 Å². The molecule has 0 unspecified atom stereocenters. The molecular weight excluding hydrogens is 388 g/mol. The fraction of sp³-hybridized carbons (Fsp3) is 0.476. The van der Waals surface area contributed by atoms with Crippen molar-refractivity contribution in [3.8, 4) is 0 Å². The number of hydrogen-bond donors (Lipinski definition) is 0. The molecular formula is C21H26N4O3S. The molecule has 29 heavy (non-hydrogen) atoms. The van der Waals surface area contributed by atoms with E-state index in [-0.39, 0.29) is 18.5 Å². The lowest BCUT2D eigenvalue weighted by molar-refractivity contribution is -0.136. The van der Waals surface area contributed by atoms with Crippen LogP contribution in [0.1, 0.15) is 23.3 Å². The number of carbonyl (C=O) groups is 2. The highest BCUT2D eigenvalue weighted by Gasteiger charge is 2.57. The quantitative estimate of drug-likeness (QED) is 0.652. The maximum absolute atomic E-state index is 13.5. The van der Waals surface area contributed by atoms with Gasteiger partial charge in [0.25, 0.3) is 5.91 Å². The zero-order chi connectivity index (χ0) is 20.3. The summed E-state index contributed by atoms with van der Waals surface area (Å²) in [6.45, 7) is 3.58. The molecule has 4 rings (SSSR count). The van der Waals surface area contributed by atoms with E-state index in [0.29, 0.717) is 26.0 Å². The summed E-state index contributed by atoms with van der Waals surface area (Å²) in [5, 5.41) is 2.09. The Morgan fingerprint density at radius 3 is 2.66 bits per heavy atom. The minimum Gasteiger partial charge on any atom is -0.383 e. The summed E-state index contributed by atoms with van der Waals surface area (Å²) >= 11 is 1.75. The number of pyridine rings is 1. The van der Waals surface area contributed by atoms with Crippen molar-refractivity contribution in [2.45, 2.75) is 31.5 Å². The second-order valence-electron chi connectivity index (χ2n) is 7.57. The van der Waals surface area contributed by atoms with Gasteiger partial charge in [0.15, 0.2) is 0 Å². The molecule has 4 heterocycles. The van der Waals surface area contributed by atoms with E-state index in [1.54, 1.807) is 35.7 Å². The van der Waals surface area contributed by atoms with Gasteiger partial charge in [-0.1, -0.05) is 12.1 Å². The predicted molar refractivity (Wildman–Crippen MR) is 110 cm³/mol. The summed E-state index contributed by atoms with van der Waals surface area (Å²) in [6, 6.07) is 7.69. The van der Waals surface area contributed by atoms with Crippen LogP contribution < -0.4 is 0 Å². The number of amides is 3. The summed E-state index contributed by atoms with van der Waals surface area (Å²) < 4.78 is 5.22. The fourth-order valence-corrected chi connectivity index (χ4v) is 5.02. The molecule has 7 nitrogen and oxygen atoms in total. The Labute approximate surface area is 174 Å². The standard InChI is InChI=1S/C21H26N4O3S/c1-28-12-11-25-20(27)24(15-17-4-2-8-22-14-17)19(26)21(25)6-9-23(10-7-21)16-18-5-3-13-29-18/h2-5,8,13-14H,6-7,9-12,15-16H2,1H3. The second-order valence-corrected chi connectivity index (χ2v) is 8.60. The van der Waals surface area contributed by atoms with Crippen molar-refractivity contribution in [3.63, 3.8) is 0 Å². The van der Waals surface area contributed by atoms with Gasteiger partial charge in [-0.05, 0) is 35.9 Å². The predicted octanol–water partition coefficient (Wildman–Crippen LogP) is 2.59. The molecule has 2 aromatic rings. The van der Waals surface area contributed by atoms with E-state index < -0.39 is 5.54 Å². The smallest absolute Gasteiger partial charge is 0.328 e. The lowest BCUT2D eigenvalue weighted by Crippen LogP contribution is -2.57. The summed E-state index contributed by atoms with van der Waals surface area (Å²) in [6.07, 6.45) is 4.69. The van der Waals surface area contributed by atoms with Gasteiger partial charge in [0.05, 0.1) is 13.2 Å². The van der Waals surface area contributed by atoms with E-state index in [2.05, 4.69) is 27.4 Å². The lowest BCUT2D eigenvalue weighted by Gasteiger charge is -2.42. The van der Waals surface area contributed by atoms with Crippen LogP contribution in [-0.2, 0) is 22.6 Å². The molecule has 2 aliphatic heterocycles. The number of hydrogen-bond acceptors (Lipinski definition) is 6. The molecule has 0 atom stereocenters. The second kappa shape index (κ2) is 8.61. The Morgan fingerprint density at radius 1 is 1.17 bits per heavy atom. The topological polar surface area (TPSA) is 66.0 Å². The molecule has 0 bridgehead atoms. The average molecular weight is 415 g/mol. The number of methoxy groups -OCH3 is 1. The van der Waals surface area contributed by atoms with Crippen LogP contribution in [0.3, 0.4) is 0 Å². The highest BCUT2D eigenvalue weighted by atomic mass is 32.1. The van der Waals surface area contributed by atoms with Crippen molar-refractivity contribution in [2.24, 2.45) is 0 Å². The van der Waals surface area contributed by atoms with Gasteiger partial charge in [-0.25, -0.2) is 4.79 Å². The van der Waals surface area contributed by atoms with E-state index in [9.17, 15) is 9.59 Å². The van der Waals surface area contributed by atoms with Gasteiger partial charge in [-0.3, -0.25) is 19.6 Å². The Hall–Kier alpha value is -2.29. The molecule has 0 aromatic carbocycles. The van der Waals surface area contributed by atoms with E-state index in [1.165, 1.54) is 9.78 Å². The monoisotopic (exact) mass is 414 g/mol. The minimum atomic E-state index is -0.760. The molecule has 0 N–H and O–H groups in total. The molecule has 3 amide bonds. The van der Waals surface area contributed by atoms with Gasteiger partial charge in [0, 0.05) is 50.6 Å². The van der Waals surface area contributed by atoms with Crippen LogP contribution in [-0.4, -0.2) is 70.5 Å². The van der Waals surface area contributed by atoms with Crippen LogP contribution in [0, 0.1) is 0 Å². The number of aromatic nitrogens is 1. The number of thiophene rings is 1. The number of ether oxygens (including phenoxy) is 1. The number of piperidine rings is 1. The van der Waals surface area contributed by atoms with Crippen molar-refractivity contribution in [3.05, 3.63) is 52.5 Å². The van der Waals surface area contributed by atoms with E-state index in [4.69, 9.17) is 4.74 Å². The van der Waals surface area contributed by atoms with Crippen LogP contribution in [0.15, 0.2) is 42.0 Å². The zero-order valence-electron chi connectivity index (χ0n) is 16.6. The molecule has 2 fully saturated rings. The first kappa shape index (κ1) is 20.0. The number of carbonyl (C=O) groups excluding carboxylic acids is 2. The number of nitrogens with zero attached hydrogens (tertiary/aromatic N) is 4. The van der Waals surface area contributed by atoms with Crippen LogP contribution in [0.2, 0.25) is 0 Å². The molecule has 0 aliphatic carbocycles. The lowest BCUT2D eigenvalue weighted by atomic mass is 9.85. The number of likely N-dealkylation sites (tertiary alicyclic amines) is 1. The third-order valence-corrected chi connectivity index (χ3v) is 6.71. The minimum absolute atomic E-state index is 0.0850. The van der Waals surface area contributed by atoms with Gasteiger partial charge in [0.1, 0.15) is 5.54 Å². The Morgan fingerprint density at radius 2 is 2.00 bits per heavy atom. The third kappa shape index (κ3) is 3.92. The summed E-state index contributed by atoms with van der Waals surface area (Å²) in [5.74, 6) is -0.0850. The third-order valence-electron chi connectivity index (χ3n) is 5.85. The first-order chi connectivity index (χ1) is 14.1. The molecule has 8 heteroatoms. The molecule has 2 aliphatic rings. The summed E-state index contributed by atoms with van der Waals surface area (Å²) in [7, 11) is 1.62. The summed E-state index contributed by atoms with van der Waals surface area (Å²) in [4.78, 5) is 37.6. The highest BCUT2D eigenvalue weighted by Crippen LogP contribution is 2.38. The highest BCUT2D eigenvalue weighted by molar-refractivity contribution is 7.09. The van der Waals surface area contributed by atoms with Crippen LogP contribution >= 0.6 is 11.3 Å². The molecule has 0 saturated carbocycles. The number of imide groups is 1. The molecule has 154 valence electrons. The van der Waals surface area contributed by atoms with Crippen molar-refractivity contribution < 1.29 is 14.3 Å². The van der Waals surface area contributed by atoms with Crippen molar-refractivity contribution >= 4 is 23.3 Å². The maximum atomic E-state index is 13.5. The van der Waals surface area contributed by atoms with Gasteiger partial charge in [0.2, 0.25) is 0 Å². The Kier molecular flexibility index (Phi) is 5.94. The van der Waals surface area contributed by atoms with Crippen molar-refractivity contribution in [1.29, 1.82) is 0 Å². The molecule has 2 saturated heterocycles.